The van der Waals surface area contributed by atoms with Crippen LogP contribution in [0.5, 0.6) is 5.75 Å². The summed E-state index contributed by atoms with van der Waals surface area (Å²) < 4.78 is 5.93. The lowest BCUT2D eigenvalue weighted by atomic mass is 10.2. The molecule has 1 aliphatic heterocycles. The summed E-state index contributed by atoms with van der Waals surface area (Å²) in [6.45, 7) is 2.63. The van der Waals surface area contributed by atoms with Gasteiger partial charge in [-0.1, -0.05) is 18.2 Å². The van der Waals surface area contributed by atoms with Crippen molar-refractivity contribution < 1.29 is 4.74 Å². The fraction of sp³-hybridized carbons (Fsp3) is 0.286. The van der Waals surface area contributed by atoms with E-state index >= 15 is 0 Å². The molecule has 3 nitrogen and oxygen atoms in total. The minimum absolute atomic E-state index is 0.194. The first kappa shape index (κ1) is 11.6. The van der Waals surface area contributed by atoms with Crippen molar-refractivity contribution in [1.29, 1.82) is 0 Å². The number of nitrogens with one attached hydrogen (secondary N) is 2. The van der Waals surface area contributed by atoms with Crippen molar-refractivity contribution in [3.05, 3.63) is 46.7 Å². The fourth-order valence-electron chi connectivity index (χ4n) is 2.04. The van der Waals surface area contributed by atoms with Crippen LogP contribution < -0.4 is 15.4 Å². The van der Waals surface area contributed by atoms with E-state index in [4.69, 9.17) is 4.74 Å². The first-order valence-electron chi connectivity index (χ1n) is 6.14. The highest BCUT2D eigenvalue weighted by atomic mass is 32.1. The molecule has 0 bridgehead atoms. The maximum Gasteiger partial charge on any atom is 0.142 e. The number of hydrogen-bond donors (Lipinski definition) is 2. The van der Waals surface area contributed by atoms with Gasteiger partial charge >= 0.3 is 0 Å². The maximum absolute atomic E-state index is 5.93. The molecule has 2 N–H and O–H groups in total. The minimum atomic E-state index is 0.194. The molecule has 1 atom stereocenters. The number of para-hydroxylation sites is 2. The molecule has 1 unspecified atom stereocenters. The van der Waals surface area contributed by atoms with Crippen LogP contribution in [0.4, 0.5) is 5.69 Å². The van der Waals surface area contributed by atoms with E-state index in [2.05, 4.69) is 28.1 Å². The summed E-state index contributed by atoms with van der Waals surface area (Å²) in [6, 6.07) is 12.3. The van der Waals surface area contributed by atoms with E-state index in [9.17, 15) is 0 Å². The second-order valence-electron chi connectivity index (χ2n) is 4.33. The predicted molar refractivity (Wildman–Crippen MR) is 75.4 cm³/mol. The normalized spacial score (nSPS) is 17.7. The van der Waals surface area contributed by atoms with Crippen molar-refractivity contribution in [2.75, 3.05) is 18.4 Å². The molecule has 4 heteroatoms. The molecule has 2 aromatic rings. The monoisotopic (exact) mass is 260 g/mol. The second-order valence-corrected chi connectivity index (χ2v) is 5.36. The molecule has 94 valence electrons. The van der Waals surface area contributed by atoms with Gasteiger partial charge in [0, 0.05) is 18.0 Å². The summed E-state index contributed by atoms with van der Waals surface area (Å²) in [7, 11) is 0. The van der Waals surface area contributed by atoms with Crippen molar-refractivity contribution in [2.24, 2.45) is 0 Å². The molecule has 1 aromatic heterocycles. The lowest BCUT2D eigenvalue weighted by Crippen LogP contribution is -2.39. The van der Waals surface area contributed by atoms with Crippen LogP contribution in [0.15, 0.2) is 41.8 Å². The molecule has 0 saturated carbocycles. The highest BCUT2D eigenvalue weighted by molar-refractivity contribution is 7.09. The summed E-state index contributed by atoms with van der Waals surface area (Å²) in [5, 5.41) is 8.93. The summed E-state index contributed by atoms with van der Waals surface area (Å²) in [6.07, 6.45) is 0.194. The van der Waals surface area contributed by atoms with Crippen molar-refractivity contribution in [2.45, 2.75) is 12.6 Å². The average molecular weight is 260 g/mol. The van der Waals surface area contributed by atoms with Crippen LogP contribution in [-0.4, -0.2) is 19.2 Å². The second kappa shape index (κ2) is 5.42. The summed E-state index contributed by atoms with van der Waals surface area (Å²) >= 11 is 1.78. The van der Waals surface area contributed by atoms with Gasteiger partial charge in [-0.05, 0) is 23.6 Å². The number of rotatable bonds is 4. The van der Waals surface area contributed by atoms with Gasteiger partial charge in [0.15, 0.2) is 0 Å². The molecule has 2 heterocycles. The minimum Gasteiger partial charge on any atom is -0.485 e. The van der Waals surface area contributed by atoms with Crippen LogP contribution in [-0.2, 0) is 6.54 Å². The van der Waals surface area contributed by atoms with E-state index in [1.165, 1.54) is 4.88 Å². The zero-order valence-corrected chi connectivity index (χ0v) is 10.9. The number of anilines is 1. The van der Waals surface area contributed by atoms with Gasteiger partial charge < -0.3 is 15.4 Å². The first-order valence-corrected chi connectivity index (χ1v) is 7.02. The van der Waals surface area contributed by atoms with Gasteiger partial charge in [-0.2, -0.15) is 0 Å². The fourth-order valence-corrected chi connectivity index (χ4v) is 2.72. The molecule has 0 spiro atoms. The molecule has 0 fully saturated rings. The highest BCUT2D eigenvalue weighted by Gasteiger charge is 2.17. The molecule has 0 saturated heterocycles. The zero-order chi connectivity index (χ0) is 12.2. The standard InChI is InChI=1S/C14H16N2OS/c1-2-6-14-13(5-1)16-9-11(17-14)8-15-10-12-4-3-7-18-12/h1-7,11,15-16H,8-10H2. The largest absolute Gasteiger partial charge is 0.485 e. The van der Waals surface area contributed by atoms with Gasteiger partial charge in [0.2, 0.25) is 0 Å². The summed E-state index contributed by atoms with van der Waals surface area (Å²) in [5.74, 6) is 0.951. The predicted octanol–water partition coefficient (Wildman–Crippen LogP) is 2.71. The smallest absolute Gasteiger partial charge is 0.142 e. The third kappa shape index (κ3) is 2.66. The van der Waals surface area contributed by atoms with Crippen LogP contribution >= 0.6 is 11.3 Å². The third-order valence-corrected chi connectivity index (χ3v) is 3.83. The van der Waals surface area contributed by atoms with Gasteiger partial charge in [-0.15, -0.1) is 11.3 Å². The van der Waals surface area contributed by atoms with Crippen LogP contribution in [0.1, 0.15) is 4.88 Å². The van der Waals surface area contributed by atoms with Crippen molar-refractivity contribution in [3.63, 3.8) is 0 Å². The quantitative estimate of drug-likeness (QED) is 0.887. The van der Waals surface area contributed by atoms with Crippen molar-refractivity contribution in [1.82, 2.24) is 5.32 Å². The molecule has 1 aliphatic rings. The lowest BCUT2D eigenvalue weighted by molar-refractivity contribution is 0.202. The van der Waals surface area contributed by atoms with Crippen LogP contribution in [0, 0.1) is 0 Å². The molecule has 18 heavy (non-hydrogen) atoms. The zero-order valence-electron chi connectivity index (χ0n) is 10.1. The van der Waals surface area contributed by atoms with E-state index in [0.29, 0.717) is 0 Å². The molecular formula is C14H16N2OS. The number of thiophene rings is 1. The Kier molecular flexibility index (Phi) is 3.48. The molecular weight excluding hydrogens is 244 g/mol. The topological polar surface area (TPSA) is 33.3 Å². The number of benzene rings is 1. The van der Waals surface area contributed by atoms with E-state index in [-0.39, 0.29) is 6.10 Å². The number of hydrogen-bond acceptors (Lipinski definition) is 4. The van der Waals surface area contributed by atoms with Gasteiger partial charge in [0.1, 0.15) is 11.9 Å². The lowest BCUT2D eigenvalue weighted by Gasteiger charge is -2.27. The first-order chi connectivity index (χ1) is 8.92. The Hall–Kier alpha value is -1.52. The maximum atomic E-state index is 5.93. The Bertz CT molecular complexity index is 498. The molecule has 0 radical (unpaired) electrons. The molecule has 3 rings (SSSR count). The van der Waals surface area contributed by atoms with Gasteiger partial charge in [0.25, 0.3) is 0 Å². The Morgan fingerprint density at radius 1 is 1.28 bits per heavy atom. The summed E-state index contributed by atoms with van der Waals surface area (Å²) in [4.78, 5) is 1.36. The Labute approximate surface area is 111 Å². The Morgan fingerprint density at radius 3 is 3.11 bits per heavy atom. The summed E-state index contributed by atoms with van der Waals surface area (Å²) in [5.41, 5.74) is 1.09. The van der Waals surface area contributed by atoms with Crippen molar-refractivity contribution >= 4 is 17.0 Å². The van der Waals surface area contributed by atoms with E-state index in [1.54, 1.807) is 11.3 Å². The molecule has 0 aliphatic carbocycles. The van der Waals surface area contributed by atoms with Crippen LogP contribution in [0.3, 0.4) is 0 Å². The van der Waals surface area contributed by atoms with E-state index in [0.717, 1.165) is 31.1 Å². The van der Waals surface area contributed by atoms with Gasteiger partial charge in [0.05, 0.1) is 12.2 Å². The third-order valence-electron chi connectivity index (χ3n) is 2.95. The molecule has 0 amide bonds. The van der Waals surface area contributed by atoms with Gasteiger partial charge in [-0.25, -0.2) is 0 Å². The Morgan fingerprint density at radius 2 is 2.22 bits per heavy atom. The van der Waals surface area contributed by atoms with Gasteiger partial charge in [-0.3, -0.25) is 0 Å². The SMILES string of the molecule is c1csc(CNCC2CNc3ccccc3O2)c1. The van der Waals surface area contributed by atoms with Crippen LogP contribution in [0.25, 0.3) is 0 Å². The van der Waals surface area contributed by atoms with Crippen LogP contribution in [0.2, 0.25) is 0 Å². The van der Waals surface area contributed by atoms with E-state index < -0.39 is 0 Å². The number of ether oxygens (including phenoxy) is 1. The Balaban J connectivity index is 1.51. The average Bonchev–Trinajstić information content (AvgIpc) is 2.92. The molecule has 1 aromatic carbocycles. The van der Waals surface area contributed by atoms with E-state index in [1.807, 2.05) is 24.3 Å². The van der Waals surface area contributed by atoms with Crippen molar-refractivity contribution in [3.8, 4) is 5.75 Å². The highest BCUT2D eigenvalue weighted by Crippen LogP contribution is 2.27. The number of fused-ring (bicyclic) bond motifs is 1.